The molecule has 1 unspecified atom stereocenters. The van der Waals surface area contributed by atoms with Crippen LogP contribution in [0.5, 0.6) is 0 Å². The molecular formula is C9H13F6NO3. The predicted octanol–water partition coefficient (Wildman–Crippen LogP) is 1.65. The highest BCUT2D eigenvalue weighted by atomic mass is 19.4. The van der Waals surface area contributed by atoms with Crippen molar-refractivity contribution in [1.29, 1.82) is 0 Å². The topological polar surface area (TPSA) is 47.6 Å². The highest BCUT2D eigenvalue weighted by Gasteiger charge is 2.58. The second kappa shape index (κ2) is 6.94. The Bertz CT molecular complexity index is 277. The Morgan fingerprint density at radius 2 is 1.63 bits per heavy atom. The first kappa shape index (κ1) is 18.0. The zero-order valence-corrected chi connectivity index (χ0v) is 10.1. The van der Waals surface area contributed by atoms with Crippen molar-refractivity contribution in [2.24, 2.45) is 0 Å². The number of carbonyl (C=O) groups excluding carboxylic acids is 1. The fourth-order valence-electron chi connectivity index (χ4n) is 1.08. The summed E-state index contributed by atoms with van der Waals surface area (Å²) >= 11 is 0. The molecule has 0 aliphatic rings. The van der Waals surface area contributed by atoms with Crippen molar-refractivity contribution in [1.82, 2.24) is 5.32 Å². The van der Waals surface area contributed by atoms with Crippen LogP contribution < -0.4 is 5.32 Å². The fourth-order valence-corrected chi connectivity index (χ4v) is 1.08. The van der Waals surface area contributed by atoms with Crippen molar-refractivity contribution in [3.63, 3.8) is 0 Å². The van der Waals surface area contributed by atoms with Crippen LogP contribution in [0.4, 0.5) is 26.3 Å². The van der Waals surface area contributed by atoms with E-state index in [4.69, 9.17) is 0 Å². The number of ether oxygens (including phenoxy) is 2. The van der Waals surface area contributed by atoms with Crippen molar-refractivity contribution in [2.45, 2.75) is 31.4 Å². The number of nitrogens with one attached hydrogen (secondary N) is 1. The third-order valence-electron chi connectivity index (χ3n) is 1.94. The minimum Gasteiger partial charge on any atom is -0.465 e. The minimum atomic E-state index is -5.61. The van der Waals surface area contributed by atoms with Crippen molar-refractivity contribution in [3.05, 3.63) is 0 Å². The van der Waals surface area contributed by atoms with Crippen LogP contribution in [-0.2, 0) is 14.3 Å². The van der Waals surface area contributed by atoms with Crippen LogP contribution in [0, 0.1) is 0 Å². The molecule has 0 aliphatic heterocycles. The van der Waals surface area contributed by atoms with Gasteiger partial charge in [-0.25, -0.2) is 0 Å². The second-order valence-electron chi connectivity index (χ2n) is 3.39. The number of rotatable bonds is 6. The summed E-state index contributed by atoms with van der Waals surface area (Å²) in [4.78, 5) is 11.2. The standard InChI is InChI=1S/C9H13F6NO3/c1-3-18-6(17)5(16-2)4-19-7(8(10,11)12)9(13,14)15/h5,7,16H,3-4H2,1-2H3. The van der Waals surface area contributed by atoms with Crippen LogP contribution >= 0.6 is 0 Å². The number of halogens is 6. The largest absolute Gasteiger partial charge is 0.465 e. The van der Waals surface area contributed by atoms with Crippen LogP contribution in [0.1, 0.15) is 6.92 Å². The molecule has 0 aromatic heterocycles. The molecule has 0 radical (unpaired) electrons. The van der Waals surface area contributed by atoms with Crippen molar-refractivity contribution in [2.75, 3.05) is 20.3 Å². The molecule has 0 spiro atoms. The molecule has 0 bridgehead atoms. The molecule has 0 saturated carbocycles. The maximum absolute atomic E-state index is 12.1. The predicted molar refractivity (Wildman–Crippen MR) is 51.3 cm³/mol. The Morgan fingerprint density at radius 1 is 1.16 bits per heavy atom. The first-order valence-electron chi connectivity index (χ1n) is 5.13. The molecule has 0 aromatic carbocycles. The average molecular weight is 297 g/mol. The monoisotopic (exact) mass is 297 g/mol. The lowest BCUT2D eigenvalue weighted by Crippen LogP contribution is -2.48. The Kier molecular flexibility index (Phi) is 6.57. The second-order valence-corrected chi connectivity index (χ2v) is 3.39. The third-order valence-corrected chi connectivity index (χ3v) is 1.94. The Balaban J connectivity index is 4.67. The number of likely N-dealkylation sites (N-methyl/N-ethyl adjacent to an activating group) is 1. The van der Waals surface area contributed by atoms with Crippen LogP contribution in [-0.4, -0.2) is 50.7 Å². The first-order chi connectivity index (χ1) is 8.54. The van der Waals surface area contributed by atoms with Crippen LogP contribution in [0.25, 0.3) is 0 Å². The zero-order chi connectivity index (χ0) is 15.3. The van der Waals surface area contributed by atoms with Gasteiger partial charge in [-0.1, -0.05) is 0 Å². The molecule has 19 heavy (non-hydrogen) atoms. The maximum atomic E-state index is 12.1. The van der Waals surface area contributed by atoms with E-state index in [0.717, 1.165) is 0 Å². The summed E-state index contributed by atoms with van der Waals surface area (Å²) in [7, 11) is 1.18. The molecule has 1 N–H and O–H groups in total. The molecular weight excluding hydrogens is 284 g/mol. The maximum Gasteiger partial charge on any atom is 0.423 e. The molecule has 0 fully saturated rings. The number of hydrogen-bond donors (Lipinski definition) is 1. The van der Waals surface area contributed by atoms with Gasteiger partial charge in [-0.3, -0.25) is 4.79 Å². The van der Waals surface area contributed by atoms with Gasteiger partial charge in [0.15, 0.2) is 0 Å². The third kappa shape index (κ3) is 6.10. The van der Waals surface area contributed by atoms with E-state index in [1.807, 2.05) is 0 Å². The summed E-state index contributed by atoms with van der Waals surface area (Å²) in [6.45, 7) is 0.276. The molecule has 0 rings (SSSR count). The average Bonchev–Trinajstić information content (AvgIpc) is 2.20. The van der Waals surface area contributed by atoms with Crippen molar-refractivity contribution >= 4 is 5.97 Å². The van der Waals surface area contributed by atoms with E-state index in [-0.39, 0.29) is 6.61 Å². The normalized spacial score (nSPS) is 14.6. The van der Waals surface area contributed by atoms with Crippen LogP contribution in [0.2, 0.25) is 0 Å². The molecule has 0 heterocycles. The summed E-state index contributed by atoms with van der Waals surface area (Å²) in [5, 5.41) is 2.21. The highest BCUT2D eigenvalue weighted by Crippen LogP contribution is 2.35. The van der Waals surface area contributed by atoms with E-state index >= 15 is 0 Å². The quantitative estimate of drug-likeness (QED) is 0.598. The summed E-state index contributed by atoms with van der Waals surface area (Å²) in [5.74, 6) is -0.993. The SMILES string of the molecule is CCOC(=O)C(COC(C(F)(F)F)C(F)(F)F)NC. The molecule has 0 amide bonds. The Hall–Kier alpha value is -1.03. The van der Waals surface area contributed by atoms with E-state index in [1.54, 1.807) is 0 Å². The van der Waals surface area contributed by atoms with Gasteiger partial charge in [-0.2, -0.15) is 26.3 Å². The number of hydrogen-bond acceptors (Lipinski definition) is 4. The number of esters is 1. The molecule has 0 aliphatic carbocycles. The molecule has 0 aromatic rings. The van der Waals surface area contributed by atoms with E-state index in [1.165, 1.54) is 14.0 Å². The summed E-state index contributed by atoms with van der Waals surface area (Å²) in [6.07, 6.45) is -15.2. The summed E-state index contributed by atoms with van der Waals surface area (Å²) in [6, 6.07) is -1.41. The lowest BCUT2D eigenvalue weighted by atomic mass is 10.3. The van der Waals surface area contributed by atoms with Gasteiger partial charge in [0, 0.05) is 0 Å². The lowest BCUT2D eigenvalue weighted by molar-refractivity contribution is -0.322. The summed E-state index contributed by atoms with van der Waals surface area (Å²) in [5.41, 5.74) is 0. The molecule has 114 valence electrons. The minimum absolute atomic E-state index is 0.0566. The van der Waals surface area contributed by atoms with Crippen molar-refractivity contribution in [3.8, 4) is 0 Å². The van der Waals surface area contributed by atoms with E-state index in [2.05, 4.69) is 14.8 Å². The van der Waals surface area contributed by atoms with Gasteiger partial charge in [-0.15, -0.1) is 0 Å². The highest BCUT2D eigenvalue weighted by molar-refractivity contribution is 5.75. The van der Waals surface area contributed by atoms with E-state index < -0.39 is 37.1 Å². The fraction of sp³-hybridized carbons (Fsp3) is 0.889. The van der Waals surface area contributed by atoms with Crippen LogP contribution in [0.3, 0.4) is 0 Å². The van der Waals surface area contributed by atoms with Gasteiger partial charge >= 0.3 is 18.3 Å². The summed E-state index contributed by atoms with van der Waals surface area (Å²) < 4.78 is 81.1. The van der Waals surface area contributed by atoms with E-state index in [9.17, 15) is 31.1 Å². The van der Waals surface area contributed by atoms with Crippen LogP contribution in [0.15, 0.2) is 0 Å². The lowest BCUT2D eigenvalue weighted by Gasteiger charge is -2.24. The van der Waals surface area contributed by atoms with Gasteiger partial charge in [0.2, 0.25) is 6.10 Å². The molecule has 10 heteroatoms. The van der Waals surface area contributed by atoms with Crippen molar-refractivity contribution < 1.29 is 40.6 Å². The molecule has 0 saturated heterocycles. The Morgan fingerprint density at radius 3 is 1.95 bits per heavy atom. The number of alkyl halides is 6. The van der Waals surface area contributed by atoms with Gasteiger partial charge in [0.25, 0.3) is 0 Å². The van der Waals surface area contributed by atoms with Gasteiger partial charge in [0.1, 0.15) is 6.04 Å². The Labute approximate surface area is 105 Å². The zero-order valence-electron chi connectivity index (χ0n) is 10.1. The molecule has 1 atom stereocenters. The van der Waals surface area contributed by atoms with E-state index in [0.29, 0.717) is 0 Å². The first-order valence-corrected chi connectivity index (χ1v) is 5.13. The number of carbonyl (C=O) groups is 1. The van der Waals surface area contributed by atoms with Gasteiger partial charge in [0.05, 0.1) is 13.2 Å². The van der Waals surface area contributed by atoms with Gasteiger partial charge in [-0.05, 0) is 14.0 Å². The molecule has 4 nitrogen and oxygen atoms in total. The van der Waals surface area contributed by atoms with Gasteiger partial charge < -0.3 is 14.8 Å². The smallest absolute Gasteiger partial charge is 0.423 e.